The normalized spacial score (nSPS) is 10.9. The van der Waals surface area contributed by atoms with Crippen molar-refractivity contribution < 1.29 is 4.52 Å². The Balaban J connectivity index is 1.27. The smallest absolute Gasteiger partial charge is 0.206 e. The highest BCUT2D eigenvalue weighted by atomic mass is 32.2. The predicted molar refractivity (Wildman–Crippen MR) is 108 cm³/mol. The van der Waals surface area contributed by atoms with Crippen molar-refractivity contribution >= 4 is 39.6 Å². The van der Waals surface area contributed by atoms with E-state index in [-0.39, 0.29) is 0 Å². The van der Waals surface area contributed by atoms with Gasteiger partial charge in [0.15, 0.2) is 4.34 Å². The lowest BCUT2D eigenvalue weighted by molar-refractivity contribution is 0.397. The van der Waals surface area contributed by atoms with E-state index in [0.29, 0.717) is 5.75 Å². The number of nitrogens with one attached hydrogen (secondary N) is 1. The van der Waals surface area contributed by atoms with Crippen LogP contribution in [0.4, 0.5) is 5.13 Å². The zero-order valence-corrected chi connectivity index (χ0v) is 16.2. The van der Waals surface area contributed by atoms with Crippen molar-refractivity contribution in [1.29, 1.82) is 0 Å². The zero-order chi connectivity index (χ0) is 17.6. The Morgan fingerprint density at radius 3 is 2.85 bits per heavy atom. The second-order valence-corrected chi connectivity index (χ2v) is 8.69. The fourth-order valence-corrected chi connectivity index (χ4v) is 4.71. The first-order valence-electron chi connectivity index (χ1n) is 8.10. The van der Waals surface area contributed by atoms with Gasteiger partial charge in [-0.25, -0.2) is 0 Å². The Bertz CT molecular complexity index is 934. The fourth-order valence-electron chi connectivity index (χ4n) is 2.35. The van der Waals surface area contributed by atoms with Crippen LogP contribution in [0.25, 0.3) is 11.3 Å². The van der Waals surface area contributed by atoms with Gasteiger partial charge >= 0.3 is 0 Å². The minimum Gasteiger partial charge on any atom is -0.360 e. The average Bonchev–Trinajstić information content (AvgIpc) is 3.43. The molecular formula is C18H16N4OS3. The molecule has 0 atom stereocenters. The Kier molecular flexibility index (Phi) is 5.63. The van der Waals surface area contributed by atoms with E-state index < -0.39 is 0 Å². The SMILES string of the molecule is c1ccc(-c2cc(CSc3nnc(NCCc4cccs4)s3)on2)cc1. The molecule has 1 N–H and O–H groups in total. The van der Waals surface area contributed by atoms with Crippen LogP contribution in [0.5, 0.6) is 0 Å². The minimum absolute atomic E-state index is 0.684. The molecule has 8 heteroatoms. The molecule has 0 saturated heterocycles. The van der Waals surface area contributed by atoms with Gasteiger partial charge in [-0.1, -0.05) is 64.7 Å². The summed E-state index contributed by atoms with van der Waals surface area (Å²) in [5, 5.41) is 18.8. The van der Waals surface area contributed by atoms with Crippen molar-refractivity contribution in [2.24, 2.45) is 0 Å². The molecule has 0 aliphatic rings. The first-order valence-corrected chi connectivity index (χ1v) is 10.8. The largest absolute Gasteiger partial charge is 0.360 e. The summed E-state index contributed by atoms with van der Waals surface area (Å²) in [5.74, 6) is 1.51. The summed E-state index contributed by atoms with van der Waals surface area (Å²) in [6, 6.07) is 16.2. The van der Waals surface area contributed by atoms with E-state index in [9.17, 15) is 0 Å². The van der Waals surface area contributed by atoms with Crippen molar-refractivity contribution in [3.63, 3.8) is 0 Å². The van der Waals surface area contributed by atoms with Gasteiger partial charge in [-0.3, -0.25) is 0 Å². The number of hydrogen-bond donors (Lipinski definition) is 1. The quantitative estimate of drug-likeness (QED) is 0.410. The van der Waals surface area contributed by atoms with E-state index in [1.54, 1.807) is 34.4 Å². The molecule has 0 bridgehead atoms. The van der Waals surface area contributed by atoms with Crippen LogP contribution in [-0.4, -0.2) is 21.9 Å². The molecule has 4 aromatic rings. The van der Waals surface area contributed by atoms with E-state index in [1.165, 1.54) is 4.88 Å². The van der Waals surface area contributed by atoms with Crippen molar-refractivity contribution in [2.45, 2.75) is 16.5 Å². The number of anilines is 1. The first kappa shape index (κ1) is 17.3. The summed E-state index contributed by atoms with van der Waals surface area (Å²) in [4.78, 5) is 1.37. The third-order valence-corrected chi connectivity index (χ3v) is 6.57. The number of thioether (sulfide) groups is 1. The molecule has 4 rings (SSSR count). The Hall–Kier alpha value is -2.16. The molecule has 3 aromatic heterocycles. The van der Waals surface area contributed by atoms with Crippen LogP contribution in [0.3, 0.4) is 0 Å². The number of hydrogen-bond acceptors (Lipinski definition) is 8. The molecule has 0 unspecified atom stereocenters. The number of rotatable bonds is 8. The second kappa shape index (κ2) is 8.48. The van der Waals surface area contributed by atoms with E-state index in [0.717, 1.165) is 39.5 Å². The van der Waals surface area contributed by atoms with Crippen LogP contribution in [0.1, 0.15) is 10.6 Å². The topological polar surface area (TPSA) is 63.8 Å². The predicted octanol–water partition coefficient (Wildman–Crippen LogP) is 5.20. The Morgan fingerprint density at radius 2 is 2.00 bits per heavy atom. The van der Waals surface area contributed by atoms with E-state index in [1.807, 2.05) is 36.4 Å². The summed E-state index contributed by atoms with van der Waals surface area (Å²) < 4.78 is 6.34. The van der Waals surface area contributed by atoms with Gasteiger partial charge in [-0.2, -0.15) is 0 Å². The molecule has 0 aliphatic heterocycles. The first-order chi connectivity index (χ1) is 12.9. The standard InChI is InChI=1S/C18H16N4OS3/c1-2-5-13(6-3-1)16-11-14(23-22-16)12-25-18-21-20-17(26-18)19-9-8-15-7-4-10-24-15/h1-7,10-11H,8-9,12H2,(H,19,20). The third-order valence-electron chi connectivity index (χ3n) is 3.60. The van der Waals surface area contributed by atoms with E-state index in [4.69, 9.17) is 4.52 Å². The molecule has 1 aromatic carbocycles. The lowest BCUT2D eigenvalue weighted by Gasteiger charge is -1.98. The van der Waals surface area contributed by atoms with Crippen LogP contribution in [0, 0.1) is 0 Å². The van der Waals surface area contributed by atoms with Crippen molar-refractivity contribution in [3.05, 3.63) is 64.5 Å². The molecule has 0 fully saturated rings. The maximum Gasteiger partial charge on any atom is 0.206 e. The summed E-state index contributed by atoms with van der Waals surface area (Å²) in [7, 11) is 0. The number of benzene rings is 1. The third kappa shape index (κ3) is 4.51. The molecule has 0 radical (unpaired) electrons. The number of thiophene rings is 1. The molecule has 132 valence electrons. The summed E-state index contributed by atoms with van der Waals surface area (Å²) in [5.41, 5.74) is 1.91. The maximum absolute atomic E-state index is 5.42. The van der Waals surface area contributed by atoms with Gasteiger partial charge in [0.1, 0.15) is 11.5 Å². The van der Waals surface area contributed by atoms with Crippen molar-refractivity contribution in [2.75, 3.05) is 11.9 Å². The van der Waals surface area contributed by atoms with Crippen LogP contribution < -0.4 is 5.32 Å². The highest BCUT2D eigenvalue weighted by Gasteiger charge is 2.09. The Morgan fingerprint density at radius 1 is 1.08 bits per heavy atom. The zero-order valence-electron chi connectivity index (χ0n) is 13.8. The number of nitrogens with zero attached hydrogens (tertiary/aromatic N) is 3. The average molecular weight is 401 g/mol. The van der Waals surface area contributed by atoms with Crippen LogP contribution >= 0.6 is 34.4 Å². The Labute approximate surface area is 163 Å². The molecule has 3 heterocycles. The van der Waals surface area contributed by atoms with Crippen LogP contribution in [-0.2, 0) is 12.2 Å². The lowest BCUT2D eigenvalue weighted by Crippen LogP contribution is -2.03. The van der Waals surface area contributed by atoms with Gasteiger partial charge in [0.2, 0.25) is 5.13 Å². The van der Waals surface area contributed by atoms with Gasteiger partial charge in [-0.15, -0.1) is 21.5 Å². The maximum atomic E-state index is 5.42. The molecule has 0 aliphatic carbocycles. The van der Waals surface area contributed by atoms with E-state index >= 15 is 0 Å². The number of aromatic nitrogens is 3. The molecule has 0 spiro atoms. The van der Waals surface area contributed by atoms with Gasteiger partial charge in [-0.05, 0) is 17.9 Å². The van der Waals surface area contributed by atoms with Gasteiger partial charge < -0.3 is 9.84 Å². The molecular weight excluding hydrogens is 384 g/mol. The summed E-state index contributed by atoms with van der Waals surface area (Å²) in [6.45, 7) is 0.863. The molecule has 26 heavy (non-hydrogen) atoms. The summed E-state index contributed by atoms with van der Waals surface area (Å²) >= 11 is 4.95. The van der Waals surface area contributed by atoms with Gasteiger partial charge in [0.05, 0.1) is 5.75 Å². The fraction of sp³-hybridized carbons (Fsp3) is 0.167. The molecule has 0 amide bonds. The van der Waals surface area contributed by atoms with Gasteiger partial charge in [0.25, 0.3) is 0 Å². The second-order valence-electron chi connectivity index (χ2n) is 5.46. The van der Waals surface area contributed by atoms with Gasteiger partial charge in [0, 0.05) is 23.1 Å². The van der Waals surface area contributed by atoms with Crippen LogP contribution in [0.2, 0.25) is 0 Å². The van der Waals surface area contributed by atoms with Crippen molar-refractivity contribution in [1.82, 2.24) is 15.4 Å². The molecule has 5 nitrogen and oxygen atoms in total. The highest BCUT2D eigenvalue weighted by molar-refractivity contribution is 8.00. The molecule has 0 saturated carbocycles. The lowest BCUT2D eigenvalue weighted by atomic mass is 10.1. The van der Waals surface area contributed by atoms with Crippen LogP contribution in [0.15, 0.2) is 62.8 Å². The van der Waals surface area contributed by atoms with E-state index in [2.05, 4.69) is 38.2 Å². The summed E-state index contributed by atoms with van der Waals surface area (Å²) in [6.07, 6.45) is 1.00. The monoisotopic (exact) mass is 400 g/mol. The highest BCUT2D eigenvalue weighted by Crippen LogP contribution is 2.29. The minimum atomic E-state index is 0.684. The van der Waals surface area contributed by atoms with Crippen molar-refractivity contribution in [3.8, 4) is 11.3 Å².